The van der Waals surface area contributed by atoms with E-state index in [-0.39, 0.29) is 17.7 Å². The maximum absolute atomic E-state index is 11.3. The first-order chi connectivity index (χ1) is 23.8. The number of alkyl halides is 3. The Morgan fingerprint density at radius 3 is 1.35 bits per heavy atom. The van der Waals surface area contributed by atoms with Crippen molar-refractivity contribution in [2.75, 3.05) is 37.9 Å². The Morgan fingerprint density at radius 1 is 0.592 bits per heavy atom. The molecule has 4 rings (SSSR count). The molecule has 49 heavy (non-hydrogen) atoms. The quantitative estimate of drug-likeness (QED) is 0.0587. The monoisotopic (exact) mass is 772 g/mol. The Morgan fingerprint density at radius 2 is 0.980 bits per heavy atom. The fourth-order valence-corrected chi connectivity index (χ4v) is 4.23. The molecule has 0 aliphatic rings. The number of hydrogen-bond acceptors (Lipinski definition) is 10. The molecule has 0 unspecified atom stereocenters. The zero-order chi connectivity index (χ0) is 35.7. The zero-order valence-corrected chi connectivity index (χ0v) is 30.4. The number of hydrogen-bond donors (Lipinski definition) is 1. The summed E-state index contributed by atoms with van der Waals surface area (Å²) in [4.78, 5) is 22.6. The van der Waals surface area contributed by atoms with Crippen molar-refractivity contribution >= 4 is 73.8 Å². The molecule has 0 heterocycles. The van der Waals surface area contributed by atoms with E-state index >= 15 is 0 Å². The van der Waals surface area contributed by atoms with E-state index in [1.165, 1.54) is 39.2 Å². The second kappa shape index (κ2) is 24.8. The number of esters is 2. The van der Waals surface area contributed by atoms with Gasteiger partial charge in [0.05, 0.1) is 54.7 Å². The summed E-state index contributed by atoms with van der Waals surface area (Å²) in [6.45, 7) is 0.594. The lowest BCUT2D eigenvalue weighted by Crippen LogP contribution is -1.99. The number of phenolic OH excluding ortho intramolecular Hbond substituents is 1. The maximum atomic E-state index is 11.3. The van der Waals surface area contributed by atoms with Crippen molar-refractivity contribution in [3.8, 4) is 11.5 Å². The molecule has 0 aromatic heterocycles. The third-order valence-corrected chi connectivity index (χ3v) is 7.23. The normalized spacial score (nSPS) is 10.5. The molecule has 0 aliphatic heterocycles. The van der Waals surface area contributed by atoms with Crippen molar-refractivity contribution in [2.24, 2.45) is 20.5 Å². The first-order valence-electron chi connectivity index (χ1n) is 15.2. The molecule has 260 valence electrons. The minimum atomic E-state index is -0.387. The van der Waals surface area contributed by atoms with E-state index in [9.17, 15) is 9.59 Å². The van der Waals surface area contributed by atoms with Gasteiger partial charge in [0.1, 0.15) is 11.5 Å². The van der Waals surface area contributed by atoms with E-state index in [0.29, 0.717) is 46.4 Å². The minimum Gasteiger partial charge on any atom is -0.508 e. The molecule has 1 N–H and O–H groups in total. The summed E-state index contributed by atoms with van der Waals surface area (Å²) in [5, 5.41) is 26.5. The highest BCUT2D eigenvalue weighted by molar-refractivity contribution is 9.09. The number of carbonyl (C=O) groups excluding carboxylic acids is 2. The van der Waals surface area contributed by atoms with Crippen LogP contribution >= 0.6 is 39.1 Å². The van der Waals surface area contributed by atoms with Gasteiger partial charge in [0.15, 0.2) is 0 Å². The summed E-state index contributed by atoms with van der Waals surface area (Å²) >= 11 is 14.4. The van der Waals surface area contributed by atoms with Crippen LogP contribution in [0.25, 0.3) is 0 Å². The van der Waals surface area contributed by atoms with Gasteiger partial charge in [0.25, 0.3) is 0 Å². The fraction of sp³-hybridized carbons (Fsp3) is 0.278. The lowest BCUT2D eigenvalue weighted by molar-refractivity contribution is 0.0592. The van der Waals surface area contributed by atoms with Crippen molar-refractivity contribution in [1.82, 2.24) is 0 Å². The maximum Gasteiger partial charge on any atom is 0.337 e. The van der Waals surface area contributed by atoms with Crippen LogP contribution in [0.3, 0.4) is 0 Å². The summed E-state index contributed by atoms with van der Waals surface area (Å²) < 4.78 is 14.7. The number of carbonyl (C=O) groups is 2. The molecule has 0 saturated carbocycles. The van der Waals surface area contributed by atoms with Crippen LogP contribution in [0.4, 0.5) is 22.7 Å². The number of phenols is 1. The van der Waals surface area contributed by atoms with E-state index in [1.807, 2.05) is 24.3 Å². The smallest absolute Gasteiger partial charge is 0.337 e. The lowest BCUT2D eigenvalue weighted by atomic mass is 10.2. The van der Waals surface area contributed by atoms with Gasteiger partial charge in [-0.15, -0.1) is 23.2 Å². The van der Waals surface area contributed by atoms with Gasteiger partial charge in [0.2, 0.25) is 0 Å². The molecule has 0 radical (unpaired) electrons. The Kier molecular flexibility index (Phi) is 20.6. The molecular formula is C36H39BrCl2N4O6. The Balaban J connectivity index is 0.000000289. The van der Waals surface area contributed by atoms with Crippen molar-refractivity contribution < 1.29 is 28.9 Å². The van der Waals surface area contributed by atoms with Crippen LogP contribution in [0.5, 0.6) is 11.5 Å². The van der Waals surface area contributed by atoms with Gasteiger partial charge in [-0.25, -0.2) is 9.59 Å². The predicted octanol–water partition coefficient (Wildman–Crippen LogP) is 11.3. The molecule has 0 aliphatic carbocycles. The van der Waals surface area contributed by atoms with Crippen LogP contribution in [0, 0.1) is 0 Å². The van der Waals surface area contributed by atoms with E-state index in [2.05, 4.69) is 45.9 Å². The second-order valence-corrected chi connectivity index (χ2v) is 11.4. The standard InChI is InChI=1S/C17H17ClN2O3.C14H12N2O3.C5H10BrCl/c1-22-17(21)13-3-5-14(6-4-13)19-20-15-7-9-16(10-8-15)23-12-2-11-18;1-19-14(18)10-2-4-11(5-3-10)15-16-12-6-8-13(17)9-7-12;6-4-2-1-3-5-7/h3-10H,2,11-12H2,1H3;2-9,17H,1H3;1-5H2. The van der Waals surface area contributed by atoms with Crippen LogP contribution in [0.15, 0.2) is 118 Å². The molecule has 10 nitrogen and oxygen atoms in total. The lowest BCUT2D eigenvalue weighted by Gasteiger charge is -2.04. The third kappa shape index (κ3) is 17.1. The SMILES string of the molecule is COC(=O)c1ccc(N=Nc2ccc(O)cc2)cc1.COC(=O)c1ccc(N=Nc2ccc(OCCCCl)cc2)cc1.ClCCCCCBr. The number of aromatic hydroxyl groups is 1. The van der Waals surface area contributed by atoms with E-state index < -0.39 is 0 Å². The average Bonchev–Trinajstić information content (AvgIpc) is 3.15. The van der Waals surface area contributed by atoms with Gasteiger partial charge < -0.3 is 19.3 Å². The van der Waals surface area contributed by atoms with Crippen LogP contribution in [-0.4, -0.2) is 55.0 Å². The number of nitrogens with zero attached hydrogens (tertiary/aromatic N) is 4. The van der Waals surface area contributed by atoms with Crippen LogP contribution in [-0.2, 0) is 9.47 Å². The number of halogens is 3. The molecule has 0 bridgehead atoms. The molecule has 4 aromatic carbocycles. The summed E-state index contributed by atoms with van der Waals surface area (Å²) in [7, 11) is 2.68. The van der Waals surface area contributed by atoms with E-state index in [4.69, 9.17) is 33.0 Å². The molecule has 13 heteroatoms. The van der Waals surface area contributed by atoms with Crippen LogP contribution < -0.4 is 4.74 Å². The van der Waals surface area contributed by atoms with Crippen LogP contribution in [0.2, 0.25) is 0 Å². The largest absolute Gasteiger partial charge is 0.508 e. The second-order valence-electron chi connectivity index (χ2n) is 9.82. The van der Waals surface area contributed by atoms with Gasteiger partial charge in [-0.2, -0.15) is 20.5 Å². The minimum absolute atomic E-state index is 0.182. The van der Waals surface area contributed by atoms with Gasteiger partial charge in [-0.1, -0.05) is 22.4 Å². The van der Waals surface area contributed by atoms with Gasteiger partial charge in [-0.3, -0.25) is 0 Å². The average molecular weight is 775 g/mol. The number of azo groups is 2. The van der Waals surface area contributed by atoms with Crippen molar-refractivity contribution in [2.45, 2.75) is 25.7 Å². The summed E-state index contributed by atoms with van der Waals surface area (Å²) in [5.74, 6) is 1.59. The first-order valence-corrected chi connectivity index (χ1v) is 17.4. The Bertz CT molecular complexity index is 1570. The predicted molar refractivity (Wildman–Crippen MR) is 198 cm³/mol. The molecule has 0 fully saturated rings. The highest BCUT2D eigenvalue weighted by Crippen LogP contribution is 2.23. The Hall–Kier alpha value is -4.32. The van der Waals surface area contributed by atoms with Crippen molar-refractivity contribution in [1.29, 1.82) is 0 Å². The summed E-state index contributed by atoms with van der Waals surface area (Å²) in [5.41, 5.74) is 3.57. The third-order valence-electron chi connectivity index (χ3n) is 6.14. The van der Waals surface area contributed by atoms with Crippen LogP contribution in [0.1, 0.15) is 46.4 Å². The van der Waals surface area contributed by atoms with Gasteiger partial charge >= 0.3 is 11.9 Å². The molecule has 0 amide bonds. The highest BCUT2D eigenvalue weighted by atomic mass is 79.9. The fourth-order valence-electron chi connectivity index (χ4n) is 3.53. The molecule has 4 aromatic rings. The highest BCUT2D eigenvalue weighted by Gasteiger charge is 2.05. The molecule has 0 atom stereocenters. The molecular weight excluding hydrogens is 735 g/mol. The summed E-state index contributed by atoms with van der Waals surface area (Å²) in [6, 6.07) is 27.0. The Labute approximate surface area is 305 Å². The van der Waals surface area contributed by atoms with E-state index in [1.54, 1.807) is 60.7 Å². The number of benzene rings is 4. The van der Waals surface area contributed by atoms with Gasteiger partial charge in [0, 0.05) is 17.1 Å². The summed E-state index contributed by atoms with van der Waals surface area (Å²) in [6.07, 6.45) is 4.49. The number of rotatable bonds is 14. The van der Waals surface area contributed by atoms with Gasteiger partial charge in [-0.05, 0) is 116 Å². The van der Waals surface area contributed by atoms with Crippen molar-refractivity contribution in [3.05, 3.63) is 108 Å². The molecule has 0 saturated heterocycles. The first kappa shape index (κ1) is 40.9. The van der Waals surface area contributed by atoms with E-state index in [0.717, 1.165) is 29.8 Å². The molecule has 0 spiro atoms. The topological polar surface area (TPSA) is 132 Å². The van der Waals surface area contributed by atoms with Crippen molar-refractivity contribution in [3.63, 3.8) is 0 Å². The number of methoxy groups -OCH3 is 2. The number of ether oxygens (including phenoxy) is 3. The number of unbranched alkanes of at least 4 members (excludes halogenated alkanes) is 2. The zero-order valence-electron chi connectivity index (χ0n) is 27.3.